The van der Waals surface area contributed by atoms with Crippen molar-refractivity contribution in [2.75, 3.05) is 0 Å². The highest BCUT2D eigenvalue weighted by Crippen LogP contribution is 2.52. The van der Waals surface area contributed by atoms with Crippen LogP contribution in [0.15, 0.2) is 0 Å². The number of H-pyrrole nitrogens is 1. The van der Waals surface area contributed by atoms with Gasteiger partial charge in [-0.1, -0.05) is 24.2 Å². The molecule has 1 N–H and O–H groups in total. The molecule has 1 fully saturated rings. The second kappa shape index (κ2) is 2.39. The third-order valence-electron chi connectivity index (χ3n) is 2.65. The van der Waals surface area contributed by atoms with Gasteiger partial charge in [-0.15, -0.1) is 0 Å². The van der Waals surface area contributed by atoms with Crippen LogP contribution in [0.5, 0.6) is 0 Å². The number of nitrogens with zero attached hydrogens (tertiary/aromatic N) is 3. The maximum atomic E-state index is 4.96. The van der Waals surface area contributed by atoms with Crippen LogP contribution in [0.4, 0.5) is 0 Å². The number of aromatic amines is 1. The van der Waals surface area contributed by atoms with Gasteiger partial charge in [-0.05, 0) is 30.0 Å². The first-order chi connectivity index (χ1) is 5.59. The summed E-state index contributed by atoms with van der Waals surface area (Å²) in [5, 5.41) is 10.1. The fourth-order valence-electron chi connectivity index (χ4n) is 1.44. The molecule has 0 amide bonds. The van der Waals surface area contributed by atoms with Crippen molar-refractivity contribution in [2.45, 2.75) is 26.8 Å². The normalized spacial score (nSPS) is 25.7. The summed E-state index contributed by atoms with van der Waals surface area (Å²) in [6.07, 6.45) is 1.27. The molecule has 1 aliphatic carbocycles. The van der Waals surface area contributed by atoms with Crippen molar-refractivity contribution in [3.63, 3.8) is 0 Å². The molecule has 1 saturated carbocycles. The van der Waals surface area contributed by atoms with Gasteiger partial charge in [0, 0.05) is 6.54 Å². The first-order valence-corrected chi connectivity index (χ1v) is 4.48. The standard InChI is InChI=1S/C7H12N4S/c1-7(2)3-5(7)4-11-6(12)8-9-10-11/h5H,3-4H2,1-2H3,(H,8,10,12). The fourth-order valence-corrected chi connectivity index (χ4v) is 1.60. The van der Waals surface area contributed by atoms with Gasteiger partial charge in [0.05, 0.1) is 0 Å². The van der Waals surface area contributed by atoms with Crippen LogP contribution >= 0.6 is 12.2 Å². The molecule has 12 heavy (non-hydrogen) atoms. The van der Waals surface area contributed by atoms with Gasteiger partial charge in [-0.2, -0.15) is 5.21 Å². The summed E-state index contributed by atoms with van der Waals surface area (Å²) in [7, 11) is 0. The van der Waals surface area contributed by atoms with E-state index in [-0.39, 0.29) is 0 Å². The van der Waals surface area contributed by atoms with Crippen molar-refractivity contribution in [3.05, 3.63) is 4.77 Å². The predicted octanol–water partition coefficient (Wildman–Crippen LogP) is 1.38. The number of tetrazole rings is 1. The lowest BCUT2D eigenvalue weighted by Gasteiger charge is -2.02. The highest BCUT2D eigenvalue weighted by atomic mass is 32.1. The molecule has 4 nitrogen and oxygen atoms in total. The van der Waals surface area contributed by atoms with Gasteiger partial charge >= 0.3 is 0 Å². The van der Waals surface area contributed by atoms with Crippen molar-refractivity contribution in [1.29, 1.82) is 0 Å². The average molecular weight is 184 g/mol. The van der Waals surface area contributed by atoms with E-state index in [4.69, 9.17) is 12.2 Å². The van der Waals surface area contributed by atoms with Gasteiger partial charge in [0.1, 0.15) is 0 Å². The van der Waals surface area contributed by atoms with Crippen molar-refractivity contribution in [1.82, 2.24) is 20.2 Å². The molecule has 1 aromatic heterocycles. The summed E-state index contributed by atoms with van der Waals surface area (Å²) in [6, 6.07) is 0. The van der Waals surface area contributed by atoms with Crippen LogP contribution in [0, 0.1) is 16.1 Å². The monoisotopic (exact) mass is 184 g/mol. The summed E-state index contributed by atoms with van der Waals surface area (Å²) in [6.45, 7) is 5.47. The molecule has 0 bridgehead atoms. The lowest BCUT2D eigenvalue weighted by molar-refractivity contribution is 0.461. The third kappa shape index (κ3) is 1.29. The lowest BCUT2D eigenvalue weighted by atomic mass is 10.1. The molecule has 0 spiro atoms. The van der Waals surface area contributed by atoms with Crippen molar-refractivity contribution >= 4 is 12.2 Å². The summed E-state index contributed by atoms with van der Waals surface area (Å²) in [4.78, 5) is 0. The van der Waals surface area contributed by atoms with Gasteiger partial charge in [0.15, 0.2) is 0 Å². The Bertz CT molecular complexity index is 337. The number of hydrogen-bond donors (Lipinski definition) is 1. The fraction of sp³-hybridized carbons (Fsp3) is 0.857. The summed E-state index contributed by atoms with van der Waals surface area (Å²) in [5.74, 6) is 0.728. The molecule has 0 radical (unpaired) electrons. The highest BCUT2D eigenvalue weighted by molar-refractivity contribution is 7.71. The van der Waals surface area contributed by atoms with E-state index in [9.17, 15) is 0 Å². The molecule has 0 saturated heterocycles. The molecular formula is C7H12N4S. The number of aromatic nitrogens is 4. The van der Waals surface area contributed by atoms with Crippen LogP contribution in [0.3, 0.4) is 0 Å². The first-order valence-electron chi connectivity index (χ1n) is 4.07. The lowest BCUT2D eigenvalue weighted by Crippen LogP contribution is -2.05. The zero-order chi connectivity index (χ0) is 8.77. The van der Waals surface area contributed by atoms with Crippen LogP contribution in [-0.4, -0.2) is 20.2 Å². The molecule has 5 heteroatoms. The smallest absolute Gasteiger partial charge is 0.238 e. The average Bonchev–Trinajstić information content (AvgIpc) is 2.39. The molecule has 66 valence electrons. The Morgan fingerprint density at radius 2 is 2.42 bits per heavy atom. The minimum Gasteiger partial charge on any atom is -0.242 e. The first kappa shape index (κ1) is 7.91. The zero-order valence-electron chi connectivity index (χ0n) is 7.24. The van der Waals surface area contributed by atoms with Crippen molar-refractivity contribution in [2.24, 2.45) is 11.3 Å². The van der Waals surface area contributed by atoms with Crippen LogP contribution in [0.25, 0.3) is 0 Å². The van der Waals surface area contributed by atoms with E-state index in [2.05, 4.69) is 29.4 Å². The van der Waals surface area contributed by atoms with Crippen LogP contribution < -0.4 is 0 Å². The minimum absolute atomic E-state index is 0.486. The molecule has 1 atom stereocenters. The van der Waals surface area contributed by atoms with Crippen LogP contribution in [-0.2, 0) is 6.54 Å². The Kier molecular flexibility index (Phi) is 1.57. The maximum absolute atomic E-state index is 4.96. The highest BCUT2D eigenvalue weighted by Gasteiger charge is 2.45. The van der Waals surface area contributed by atoms with E-state index in [0.717, 1.165) is 12.5 Å². The van der Waals surface area contributed by atoms with Gasteiger partial charge in [-0.25, -0.2) is 4.68 Å². The predicted molar refractivity (Wildman–Crippen MR) is 47.1 cm³/mol. The Morgan fingerprint density at radius 1 is 1.75 bits per heavy atom. The number of hydrogen-bond acceptors (Lipinski definition) is 3. The van der Waals surface area contributed by atoms with E-state index in [1.807, 2.05) is 4.68 Å². The molecule has 0 aromatic carbocycles. The van der Waals surface area contributed by atoms with Gasteiger partial charge in [0.25, 0.3) is 0 Å². The SMILES string of the molecule is CC1(C)CC1Cn1[nH]nnc1=S. The molecule has 1 unspecified atom stereocenters. The second-order valence-electron chi connectivity index (χ2n) is 4.08. The topological polar surface area (TPSA) is 46.5 Å². The van der Waals surface area contributed by atoms with E-state index in [1.54, 1.807) is 0 Å². The van der Waals surface area contributed by atoms with Gasteiger partial charge in [0.2, 0.25) is 4.77 Å². The molecule has 1 aliphatic rings. The van der Waals surface area contributed by atoms with E-state index in [0.29, 0.717) is 10.2 Å². The maximum Gasteiger partial charge on any atom is 0.238 e. The summed E-state index contributed by atoms with van der Waals surface area (Å²) < 4.78 is 2.38. The Hall–Kier alpha value is -0.710. The largest absolute Gasteiger partial charge is 0.242 e. The van der Waals surface area contributed by atoms with Crippen molar-refractivity contribution in [3.8, 4) is 0 Å². The van der Waals surface area contributed by atoms with Crippen LogP contribution in [0.2, 0.25) is 0 Å². The number of rotatable bonds is 2. The zero-order valence-corrected chi connectivity index (χ0v) is 8.06. The van der Waals surface area contributed by atoms with E-state index in [1.165, 1.54) is 6.42 Å². The molecule has 1 heterocycles. The third-order valence-corrected chi connectivity index (χ3v) is 2.95. The molecule has 1 aromatic rings. The minimum atomic E-state index is 0.486. The Balaban J connectivity index is 2.07. The van der Waals surface area contributed by atoms with E-state index < -0.39 is 0 Å². The van der Waals surface area contributed by atoms with Crippen molar-refractivity contribution < 1.29 is 0 Å². The second-order valence-corrected chi connectivity index (χ2v) is 4.45. The Labute approximate surface area is 76.0 Å². The quantitative estimate of drug-likeness (QED) is 0.706. The van der Waals surface area contributed by atoms with Gasteiger partial charge < -0.3 is 0 Å². The summed E-state index contributed by atoms with van der Waals surface area (Å²) in [5.41, 5.74) is 0.486. The van der Waals surface area contributed by atoms with Crippen LogP contribution in [0.1, 0.15) is 20.3 Å². The van der Waals surface area contributed by atoms with E-state index >= 15 is 0 Å². The summed E-state index contributed by atoms with van der Waals surface area (Å²) >= 11 is 4.96. The molecule has 0 aliphatic heterocycles. The number of nitrogens with one attached hydrogen (secondary N) is 1. The van der Waals surface area contributed by atoms with Gasteiger partial charge in [-0.3, -0.25) is 0 Å². The molecule has 2 rings (SSSR count). The molecular weight excluding hydrogens is 172 g/mol. The Morgan fingerprint density at radius 3 is 2.83 bits per heavy atom.